The van der Waals surface area contributed by atoms with Gasteiger partial charge in [0.25, 0.3) is 0 Å². The molecule has 1 saturated carbocycles. The molecule has 0 amide bonds. The average molecular weight is 315 g/mol. The van der Waals surface area contributed by atoms with E-state index in [1.807, 2.05) is 18.5 Å². The first-order valence-corrected chi connectivity index (χ1v) is 9.37. The molecule has 0 bridgehead atoms. The zero-order chi connectivity index (χ0) is 15.5. The molecule has 3 fully saturated rings. The van der Waals surface area contributed by atoms with Crippen LogP contribution in [0.2, 0.25) is 0 Å². The molecule has 0 spiro atoms. The summed E-state index contributed by atoms with van der Waals surface area (Å²) in [6.45, 7) is 8.36. The van der Waals surface area contributed by atoms with E-state index in [9.17, 15) is 0 Å². The van der Waals surface area contributed by atoms with E-state index in [0.717, 1.165) is 44.1 Å². The van der Waals surface area contributed by atoms with Gasteiger partial charge in [0.05, 0.1) is 0 Å². The van der Waals surface area contributed by atoms with Gasteiger partial charge in [-0.25, -0.2) is 9.97 Å². The minimum atomic E-state index is 0.789. The standard InChI is InChI=1S/C18H29N5/c1-2-5-16(6-3-1)13-21-14-17(15-21)22-9-11-23(12-10-22)18-19-7-4-8-20-18/h4,7-8,16-17H,1-3,5-6,9-15H2. The van der Waals surface area contributed by atoms with Crippen LogP contribution >= 0.6 is 0 Å². The summed E-state index contributed by atoms with van der Waals surface area (Å²) in [6, 6.07) is 2.67. The Hall–Kier alpha value is -1.20. The second kappa shape index (κ2) is 7.14. The Morgan fingerprint density at radius 2 is 1.61 bits per heavy atom. The van der Waals surface area contributed by atoms with Crippen LogP contribution in [-0.4, -0.2) is 71.6 Å². The van der Waals surface area contributed by atoms with E-state index in [0.29, 0.717) is 0 Å². The van der Waals surface area contributed by atoms with Crippen molar-refractivity contribution in [1.29, 1.82) is 0 Å². The lowest BCUT2D eigenvalue weighted by molar-refractivity contribution is 0.0173. The average Bonchev–Trinajstić information content (AvgIpc) is 2.60. The molecular weight excluding hydrogens is 286 g/mol. The van der Waals surface area contributed by atoms with E-state index in [-0.39, 0.29) is 0 Å². The maximum atomic E-state index is 4.37. The molecule has 5 heteroatoms. The van der Waals surface area contributed by atoms with Crippen LogP contribution < -0.4 is 4.90 Å². The zero-order valence-electron chi connectivity index (χ0n) is 14.1. The first-order chi connectivity index (χ1) is 11.4. The molecule has 5 nitrogen and oxygen atoms in total. The van der Waals surface area contributed by atoms with Gasteiger partial charge in [-0.15, -0.1) is 0 Å². The molecule has 0 unspecified atom stereocenters. The van der Waals surface area contributed by atoms with Gasteiger partial charge in [-0.1, -0.05) is 19.3 Å². The third-order valence-electron chi connectivity index (χ3n) is 5.84. The van der Waals surface area contributed by atoms with Crippen molar-refractivity contribution in [3.8, 4) is 0 Å². The molecule has 0 atom stereocenters. The Morgan fingerprint density at radius 3 is 2.30 bits per heavy atom. The van der Waals surface area contributed by atoms with Crippen LogP contribution in [0.15, 0.2) is 18.5 Å². The van der Waals surface area contributed by atoms with Crippen molar-refractivity contribution in [3.05, 3.63) is 18.5 Å². The summed E-state index contributed by atoms with van der Waals surface area (Å²) in [5.74, 6) is 1.87. The molecule has 4 rings (SSSR count). The molecule has 1 aromatic heterocycles. The lowest BCUT2D eigenvalue weighted by Gasteiger charge is -2.49. The number of likely N-dealkylation sites (tertiary alicyclic amines) is 1. The van der Waals surface area contributed by atoms with Gasteiger partial charge < -0.3 is 4.90 Å². The summed E-state index contributed by atoms with van der Waals surface area (Å²) >= 11 is 0. The predicted octanol–water partition coefficient (Wildman–Crippen LogP) is 1.86. The zero-order valence-corrected chi connectivity index (χ0v) is 14.1. The van der Waals surface area contributed by atoms with E-state index in [2.05, 4.69) is 24.7 Å². The van der Waals surface area contributed by atoms with Crippen molar-refractivity contribution < 1.29 is 0 Å². The Bertz CT molecular complexity index is 473. The smallest absolute Gasteiger partial charge is 0.225 e. The largest absolute Gasteiger partial charge is 0.338 e. The minimum absolute atomic E-state index is 0.789. The number of hydrogen-bond acceptors (Lipinski definition) is 5. The highest BCUT2D eigenvalue weighted by Gasteiger charge is 2.34. The Morgan fingerprint density at radius 1 is 0.913 bits per heavy atom. The highest BCUT2D eigenvalue weighted by atomic mass is 15.4. The van der Waals surface area contributed by atoms with Crippen molar-refractivity contribution in [2.45, 2.75) is 38.1 Å². The lowest BCUT2D eigenvalue weighted by atomic mass is 9.88. The molecule has 3 aliphatic rings. The quantitative estimate of drug-likeness (QED) is 0.847. The molecule has 3 heterocycles. The third kappa shape index (κ3) is 3.66. The fourth-order valence-corrected chi connectivity index (χ4v) is 4.40. The summed E-state index contributed by atoms with van der Waals surface area (Å²) in [5, 5.41) is 0. The van der Waals surface area contributed by atoms with Crippen molar-refractivity contribution >= 4 is 5.95 Å². The van der Waals surface area contributed by atoms with Gasteiger partial charge in [0.1, 0.15) is 0 Å². The van der Waals surface area contributed by atoms with Crippen LogP contribution in [-0.2, 0) is 0 Å². The number of anilines is 1. The molecule has 0 radical (unpaired) electrons. The summed E-state index contributed by atoms with van der Waals surface area (Å²) in [4.78, 5) is 16.4. The molecule has 23 heavy (non-hydrogen) atoms. The van der Waals surface area contributed by atoms with Crippen LogP contribution in [0.4, 0.5) is 5.95 Å². The van der Waals surface area contributed by atoms with Crippen molar-refractivity contribution in [2.24, 2.45) is 5.92 Å². The summed E-state index contributed by atoms with van der Waals surface area (Å²) < 4.78 is 0. The molecule has 126 valence electrons. The Labute approximate surface area is 139 Å². The van der Waals surface area contributed by atoms with Crippen LogP contribution in [0.3, 0.4) is 0 Å². The lowest BCUT2D eigenvalue weighted by Crippen LogP contribution is -2.63. The topological polar surface area (TPSA) is 35.5 Å². The fourth-order valence-electron chi connectivity index (χ4n) is 4.40. The van der Waals surface area contributed by atoms with Crippen molar-refractivity contribution in [2.75, 3.05) is 50.7 Å². The molecule has 1 aliphatic carbocycles. The molecule has 0 aromatic carbocycles. The van der Waals surface area contributed by atoms with Crippen molar-refractivity contribution in [1.82, 2.24) is 19.8 Å². The molecule has 2 aliphatic heterocycles. The van der Waals surface area contributed by atoms with Gasteiger partial charge >= 0.3 is 0 Å². The summed E-state index contributed by atoms with van der Waals surface area (Å²) in [7, 11) is 0. The van der Waals surface area contributed by atoms with E-state index in [1.165, 1.54) is 51.7 Å². The molecule has 2 saturated heterocycles. The number of rotatable bonds is 4. The molecular formula is C18H29N5. The van der Waals surface area contributed by atoms with Gasteiger partial charge in [0.2, 0.25) is 5.95 Å². The van der Waals surface area contributed by atoms with Gasteiger partial charge in [-0.2, -0.15) is 0 Å². The van der Waals surface area contributed by atoms with Crippen LogP contribution in [0.5, 0.6) is 0 Å². The summed E-state index contributed by atoms with van der Waals surface area (Å²) in [6.07, 6.45) is 11.0. The monoisotopic (exact) mass is 315 g/mol. The van der Waals surface area contributed by atoms with Crippen LogP contribution in [0.25, 0.3) is 0 Å². The maximum Gasteiger partial charge on any atom is 0.225 e. The minimum Gasteiger partial charge on any atom is -0.338 e. The van der Waals surface area contributed by atoms with Gasteiger partial charge in [-0.05, 0) is 24.8 Å². The van der Waals surface area contributed by atoms with Gasteiger partial charge in [0, 0.05) is 64.2 Å². The number of hydrogen-bond donors (Lipinski definition) is 0. The highest BCUT2D eigenvalue weighted by Crippen LogP contribution is 2.27. The van der Waals surface area contributed by atoms with Crippen molar-refractivity contribution in [3.63, 3.8) is 0 Å². The van der Waals surface area contributed by atoms with E-state index in [4.69, 9.17) is 0 Å². The third-order valence-corrected chi connectivity index (χ3v) is 5.84. The van der Waals surface area contributed by atoms with E-state index >= 15 is 0 Å². The first kappa shape index (κ1) is 15.3. The van der Waals surface area contributed by atoms with E-state index < -0.39 is 0 Å². The predicted molar refractivity (Wildman–Crippen MR) is 92.6 cm³/mol. The summed E-state index contributed by atoms with van der Waals surface area (Å²) in [5.41, 5.74) is 0. The first-order valence-electron chi connectivity index (χ1n) is 9.37. The number of aromatic nitrogens is 2. The van der Waals surface area contributed by atoms with Crippen LogP contribution in [0.1, 0.15) is 32.1 Å². The molecule has 1 aromatic rings. The second-order valence-corrected chi connectivity index (χ2v) is 7.45. The van der Waals surface area contributed by atoms with Gasteiger partial charge in [0.15, 0.2) is 0 Å². The second-order valence-electron chi connectivity index (χ2n) is 7.45. The van der Waals surface area contributed by atoms with Gasteiger partial charge in [-0.3, -0.25) is 9.80 Å². The normalized spacial score (nSPS) is 25.5. The SMILES string of the molecule is c1cnc(N2CCN(C3CN(CC4CCCCC4)C3)CC2)nc1. The van der Waals surface area contributed by atoms with E-state index in [1.54, 1.807) is 0 Å². The van der Waals surface area contributed by atoms with Crippen LogP contribution in [0, 0.1) is 5.92 Å². The maximum absolute atomic E-state index is 4.37. The Kier molecular flexibility index (Phi) is 4.76. The Balaban J connectivity index is 1.19. The molecule has 0 N–H and O–H groups in total. The number of nitrogens with zero attached hydrogens (tertiary/aromatic N) is 5. The fraction of sp³-hybridized carbons (Fsp3) is 0.778. The highest BCUT2D eigenvalue weighted by molar-refractivity contribution is 5.29. The number of piperazine rings is 1.